The molecule has 0 aliphatic carbocycles. The zero-order valence-corrected chi connectivity index (χ0v) is 28.0. The van der Waals surface area contributed by atoms with Gasteiger partial charge in [-0.05, 0) is 62.3 Å². The van der Waals surface area contributed by atoms with Crippen molar-refractivity contribution in [2.24, 2.45) is 5.92 Å². The second-order valence-corrected chi connectivity index (χ2v) is 13.9. The Morgan fingerprint density at radius 3 is 2.47 bits per heavy atom. The van der Waals surface area contributed by atoms with Gasteiger partial charge in [0.25, 0.3) is 5.91 Å². The van der Waals surface area contributed by atoms with Crippen LogP contribution in [0, 0.1) is 5.92 Å². The number of ether oxygens (including phenoxy) is 1. The number of benzene rings is 1. The zero-order valence-electron chi connectivity index (χ0n) is 25.7. The smallest absolute Gasteiger partial charge is 0.325 e. The van der Waals surface area contributed by atoms with Crippen molar-refractivity contribution in [3.63, 3.8) is 0 Å². The van der Waals surface area contributed by atoms with Crippen molar-refractivity contribution < 1.29 is 29.0 Å². The van der Waals surface area contributed by atoms with E-state index < -0.39 is 52.4 Å². The topological polar surface area (TPSA) is 150 Å². The molecular weight excluding hydrogens is 645 g/mol. The maximum Gasteiger partial charge on any atom is 0.325 e. The fourth-order valence-electron chi connectivity index (χ4n) is 4.71. The molecule has 2 heterocycles. The standard InChI is InChI=1S/C31H40Cl3N5O6/c1-18(2)27(28(42)36-19(3)29(43)39-14-6-9-25(38-39)30(44)45-17-31(32,33)34)37-26(41)13-11-21-10-12-24(35-16-21)23-8-5-7-22(15-23)20(4)40/h5,7-8,10,12,15-16,18-20,25,27,38,40H,6,9,11,13-14,17H2,1-4H3,(H,36,42)(H,37,41)/t19?,20-,25+,27+/m1/s1. The average Bonchev–Trinajstić information content (AvgIpc) is 3.00. The molecule has 14 heteroatoms. The van der Waals surface area contributed by atoms with E-state index in [-0.39, 0.29) is 18.2 Å². The summed E-state index contributed by atoms with van der Waals surface area (Å²) in [7, 11) is 0. The second-order valence-electron chi connectivity index (χ2n) is 11.4. The molecule has 3 rings (SSSR count). The molecule has 0 radical (unpaired) electrons. The van der Waals surface area contributed by atoms with E-state index in [4.69, 9.17) is 39.5 Å². The van der Waals surface area contributed by atoms with Crippen LogP contribution in [-0.2, 0) is 30.3 Å². The maximum absolute atomic E-state index is 13.1. The number of hydrazine groups is 1. The van der Waals surface area contributed by atoms with Gasteiger partial charge in [0.2, 0.25) is 15.6 Å². The van der Waals surface area contributed by atoms with Crippen LogP contribution in [0.15, 0.2) is 42.6 Å². The summed E-state index contributed by atoms with van der Waals surface area (Å²) >= 11 is 16.9. The molecule has 1 aromatic heterocycles. The van der Waals surface area contributed by atoms with Crippen molar-refractivity contribution in [2.75, 3.05) is 13.2 Å². The van der Waals surface area contributed by atoms with Gasteiger partial charge < -0.3 is 20.5 Å². The number of carbonyl (C=O) groups is 4. The summed E-state index contributed by atoms with van der Waals surface area (Å²) in [5.41, 5.74) is 6.11. The van der Waals surface area contributed by atoms with E-state index in [0.717, 1.165) is 22.4 Å². The number of aryl methyl sites for hydroxylation is 1. The molecule has 1 aliphatic heterocycles. The van der Waals surface area contributed by atoms with Crippen LogP contribution in [-0.4, -0.2) is 73.9 Å². The molecule has 0 spiro atoms. The highest BCUT2D eigenvalue weighted by atomic mass is 35.6. The molecular formula is C31H40Cl3N5O6. The molecule has 0 bridgehead atoms. The van der Waals surface area contributed by atoms with Gasteiger partial charge in [-0.2, -0.15) is 0 Å². The predicted octanol–water partition coefficient (Wildman–Crippen LogP) is 3.79. The third-order valence-electron chi connectivity index (χ3n) is 7.24. The summed E-state index contributed by atoms with van der Waals surface area (Å²) in [6, 6.07) is 8.66. The number of carbonyl (C=O) groups excluding carboxylic acids is 4. The van der Waals surface area contributed by atoms with Gasteiger partial charge in [-0.25, -0.2) is 5.43 Å². The van der Waals surface area contributed by atoms with Crippen LogP contribution in [0.3, 0.4) is 0 Å². The minimum absolute atomic E-state index is 0.136. The van der Waals surface area contributed by atoms with E-state index in [0.29, 0.717) is 25.8 Å². The van der Waals surface area contributed by atoms with Gasteiger partial charge >= 0.3 is 5.97 Å². The van der Waals surface area contributed by atoms with E-state index in [1.807, 2.05) is 36.4 Å². The van der Waals surface area contributed by atoms with Gasteiger partial charge in [0, 0.05) is 24.7 Å². The summed E-state index contributed by atoms with van der Waals surface area (Å²) in [6.45, 7) is 6.72. The Balaban J connectivity index is 1.50. The number of alkyl halides is 3. The molecule has 1 aliphatic rings. The Morgan fingerprint density at radius 1 is 1.11 bits per heavy atom. The lowest BCUT2D eigenvalue weighted by Crippen LogP contribution is -2.61. The number of aromatic nitrogens is 1. The molecule has 4 atom stereocenters. The number of hydrogen-bond donors (Lipinski definition) is 4. The number of nitrogens with zero attached hydrogens (tertiary/aromatic N) is 2. The summed E-state index contributed by atoms with van der Waals surface area (Å²) in [6.07, 6.45) is 2.62. The van der Waals surface area contributed by atoms with Gasteiger partial charge in [0.05, 0.1) is 11.8 Å². The van der Waals surface area contributed by atoms with Crippen LogP contribution in [0.2, 0.25) is 0 Å². The lowest BCUT2D eigenvalue weighted by atomic mass is 10.0. The Morgan fingerprint density at radius 2 is 1.84 bits per heavy atom. The number of aliphatic hydroxyl groups is 1. The molecule has 4 N–H and O–H groups in total. The van der Waals surface area contributed by atoms with Crippen LogP contribution in [0.1, 0.15) is 64.2 Å². The van der Waals surface area contributed by atoms with E-state index >= 15 is 0 Å². The highest BCUT2D eigenvalue weighted by Gasteiger charge is 2.34. The molecule has 2 aromatic rings. The molecule has 1 saturated heterocycles. The van der Waals surface area contributed by atoms with Crippen LogP contribution in [0.4, 0.5) is 0 Å². The number of aliphatic hydroxyl groups excluding tert-OH is 1. The van der Waals surface area contributed by atoms with Crippen LogP contribution < -0.4 is 16.1 Å². The Labute approximate surface area is 278 Å². The molecule has 3 amide bonds. The SMILES string of the molecule is CC(NC(=O)[C@@H](NC(=O)CCc1ccc(-c2cccc([C@@H](C)O)c2)nc1)C(C)C)C(=O)N1CCC[C@@H](C(=O)OCC(Cl)(Cl)Cl)N1. The molecule has 0 saturated carbocycles. The van der Waals surface area contributed by atoms with Crippen molar-refractivity contribution in [3.05, 3.63) is 53.7 Å². The minimum Gasteiger partial charge on any atom is -0.460 e. The van der Waals surface area contributed by atoms with Gasteiger partial charge in [-0.3, -0.25) is 29.2 Å². The number of amides is 3. The molecule has 11 nitrogen and oxygen atoms in total. The fraction of sp³-hybridized carbons (Fsp3) is 0.516. The number of esters is 1. The first kappa shape index (κ1) is 36.5. The quantitative estimate of drug-likeness (QED) is 0.195. The molecule has 246 valence electrons. The van der Waals surface area contributed by atoms with Gasteiger partial charge in [0.1, 0.15) is 24.7 Å². The third-order valence-corrected chi connectivity index (χ3v) is 7.57. The lowest BCUT2D eigenvalue weighted by Gasteiger charge is -2.34. The Hall–Kier alpha value is -2.96. The summed E-state index contributed by atoms with van der Waals surface area (Å²) in [4.78, 5) is 55.9. The molecule has 1 fully saturated rings. The number of nitrogens with one attached hydrogen (secondary N) is 3. The number of pyridine rings is 1. The van der Waals surface area contributed by atoms with Crippen LogP contribution in [0.25, 0.3) is 11.3 Å². The molecule has 1 unspecified atom stereocenters. The van der Waals surface area contributed by atoms with E-state index in [1.54, 1.807) is 27.0 Å². The summed E-state index contributed by atoms with van der Waals surface area (Å²) in [5.74, 6) is -2.18. The van der Waals surface area contributed by atoms with Gasteiger partial charge in [-0.1, -0.05) is 72.9 Å². The van der Waals surface area contributed by atoms with Crippen molar-refractivity contribution in [1.82, 2.24) is 26.1 Å². The predicted molar refractivity (Wildman–Crippen MR) is 172 cm³/mol. The van der Waals surface area contributed by atoms with Gasteiger partial charge in [0.15, 0.2) is 0 Å². The first-order chi connectivity index (χ1) is 21.1. The maximum atomic E-state index is 13.1. The Bertz CT molecular complexity index is 1340. The zero-order chi connectivity index (χ0) is 33.3. The highest BCUT2D eigenvalue weighted by molar-refractivity contribution is 6.67. The van der Waals surface area contributed by atoms with Crippen molar-refractivity contribution in [2.45, 2.75) is 81.4 Å². The molecule has 1 aromatic carbocycles. The van der Waals surface area contributed by atoms with Crippen molar-refractivity contribution >= 4 is 58.5 Å². The average molecular weight is 685 g/mol. The first-order valence-corrected chi connectivity index (χ1v) is 15.9. The van der Waals surface area contributed by atoms with Crippen LogP contribution in [0.5, 0.6) is 0 Å². The minimum atomic E-state index is -1.75. The fourth-order valence-corrected chi connectivity index (χ4v) is 4.87. The number of rotatable bonds is 12. The largest absolute Gasteiger partial charge is 0.460 e. The van der Waals surface area contributed by atoms with E-state index in [2.05, 4.69) is 21.0 Å². The lowest BCUT2D eigenvalue weighted by molar-refractivity contribution is -0.152. The summed E-state index contributed by atoms with van der Waals surface area (Å²) in [5, 5.41) is 16.6. The molecule has 45 heavy (non-hydrogen) atoms. The highest BCUT2D eigenvalue weighted by Crippen LogP contribution is 2.26. The van der Waals surface area contributed by atoms with Gasteiger partial charge in [-0.15, -0.1) is 0 Å². The number of halogens is 3. The van der Waals surface area contributed by atoms with Crippen molar-refractivity contribution in [3.8, 4) is 11.3 Å². The monoisotopic (exact) mass is 683 g/mol. The van der Waals surface area contributed by atoms with E-state index in [9.17, 15) is 24.3 Å². The second kappa shape index (κ2) is 16.6. The normalized spacial score (nSPS) is 17.3. The van der Waals surface area contributed by atoms with E-state index in [1.165, 1.54) is 11.9 Å². The third kappa shape index (κ3) is 11.4. The number of hydrogen-bond acceptors (Lipinski definition) is 8. The summed E-state index contributed by atoms with van der Waals surface area (Å²) < 4.78 is 3.27. The van der Waals surface area contributed by atoms with Crippen LogP contribution >= 0.6 is 34.8 Å². The van der Waals surface area contributed by atoms with Crippen molar-refractivity contribution in [1.29, 1.82) is 0 Å². The first-order valence-electron chi connectivity index (χ1n) is 14.8. The Kier molecular flexibility index (Phi) is 13.4.